The van der Waals surface area contributed by atoms with E-state index in [0.29, 0.717) is 5.92 Å². The summed E-state index contributed by atoms with van der Waals surface area (Å²) in [6.07, 6.45) is 3.01. The van der Waals surface area contributed by atoms with E-state index >= 15 is 0 Å². The number of carbonyl (C=O) groups is 1. The molecule has 0 heterocycles. The molecule has 0 aliphatic heterocycles. The molecule has 1 unspecified atom stereocenters. The van der Waals surface area contributed by atoms with E-state index in [1.807, 2.05) is 0 Å². The van der Waals surface area contributed by atoms with Crippen LogP contribution in [0.4, 0.5) is 4.79 Å². The third-order valence-electron chi connectivity index (χ3n) is 2.71. The molecule has 0 radical (unpaired) electrons. The zero-order valence-electron chi connectivity index (χ0n) is 9.44. The van der Waals surface area contributed by atoms with Crippen molar-refractivity contribution < 1.29 is 19.4 Å². The molecule has 3 atom stereocenters. The summed E-state index contributed by atoms with van der Waals surface area (Å²) in [5.74, 6) is 0.617. The van der Waals surface area contributed by atoms with Crippen molar-refractivity contribution in [3.8, 4) is 0 Å². The van der Waals surface area contributed by atoms with E-state index in [4.69, 9.17) is 14.6 Å². The van der Waals surface area contributed by atoms with Crippen molar-refractivity contribution in [3.63, 3.8) is 0 Å². The highest BCUT2D eigenvalue weighted by molar-refractivity contribution is 5.60. The van der Waals surface area contributed by atoms with Crippen LogP contribution in [0.3, 0.4) is 0 Å². The molecule has 1 rings (SSSR count). The molecule has 1 fully saturated rings. The van der Waals surface area contributed by atoms with Crippen LogP contribution in [-0.4, -0.2) is 30.1 Å². The molecule has 0 aromatic rings. The molecule has 0 amide bonds. The molecule has 15 heavy (non-hydrogen) atoms. The van der Waals surface area contributed by atoms with Crippen LogP contribution in [0.15, 0.2) is 0 Å². The van der Waals surface area contributed by atoms with Gasteiger partial charge in [0.2, 0.25) is 0 Å². The highest BCUT2D eigenvalue weighted by Crippen LogP contribution is 2.25. The van der Waals surface area contributed by atoms with Gasteiger partial charge < -0.3 is 14.6 Å². The van der Waals surface area contributed by atoms with Crippen LogP contribution in [-0.2, 0) is 9.47 Å². The number of aliphatic hydroxyl groups is 1. The average molecular weight is 216 g/mol. The third kappa shape index (κ3) is 4.51. The van der Waals surface area contributed by atoms with Crippen molar-refractivity contribution in [2.75, 3.05) is 6.61 Å². The van der Waals surface area contributed by atoms with E-state index in [1.54, 1.807) is 6.92 Å². The van der Waals surface area contributed by atoms with Gasteiger partial charge in [0.05, 0.1) is 6.61 Å². The molecule has 0 aromatic heterocycles. The molecule has 4 nitrogen and oxygen atoms in total. The molecule has 0 saturated heterocycles. The lowest BCUT2D eigenvalue weighted by molar-refractivity contribution is -0.0234. The van der Waals surface area contributed by atoms with Gasteiger partial charge >= 0.3 is 6.16 Å². The Balaban J connectivity index is 2.24. The first-order chi connectivity index (χ1) is 7.11. The van der Waals surface area contributed by atoms with Crippen LogP contribution in [0.1, 0.15) is 39.5 Å². The normalized spacial score (nSPS) is 28.2. The maximum Gasteiger partial charge on any atom is 0.508 e. The van der Waals surface area contributed by atoms with Gasteiger partial charge in [-0.3, -0.25) is 0 Å². The number of aliphatic hydroxyl groups excluding tert-OH is 1. The Morgan fingerprint density at radius 2 is 2.27 bits per heavy atom. The van der Waals surface area contributed by atoms with Gasteiger partial charge in [-0.2, -0.15) is 0 Å². The van der Waals surface area contributed by atoms with Crippen LogP contribution in [0.25, 0.3) is 0 Å². The Hall–Kier alpha value is -0.770. The van der Waals surface area contributed by atoms with Gasteiger partial charge in [0.1, 0.15) is 12.2 Å². The first-order valence-electron chi connectivity index (χ1n) is 5.60. The SMILES string of the molecule is CC(CO)OC(=O)O[C@H]1CCC[C@@H](C)C1. The standard InChI is InChI=1S/C11H20O4/c1-8-4-3-5-10(6-8)15-11(13)14-9(2)7-12/h8-10,12H,3-7H2,1-2H3/t8-,9?,10+/m1/s1. The quantitative estimate of drug-likeness (QED) is 0.734. The smallest absolute Gasteiger partial charge is 0.431 e. The highest BCUT2D eigenvalue weighted by Gasteiger charge is 2.23. The first-order valence-corrected chi connectivity index (χ1v) is 5.60. The summed E-state index contributed by atoms with van der Waals surface area (Å²) in [7, 11) is 0. The minimum absolute atomic E-state index is 0.00728. The highest BCUT2D eigenvalue weighted by atomic mass is 16.7. The Morgan fingerprint density at radius 1 is 1.53 bits per heavy atom. The van der Waals surface area contributed by atoms with Crippen molar-refractivity contribution in [3.05, 3.63) is 0 Å². The maximum atomic E-state index is 11.2. The fourth-order valence-electron chi connectivity index (χ4n) is 1.85. The molecule has 1 aliphatic rings. The number of hydrogen-bond acceptors (Lipinski definition) is 4. The molecule has 0 spiro atoms. The molecule has 1 saturated carbocycles. The fraction of sp³-hybridized carbons (Fsp3) is 0.909. The summed E-state index contributed by atoms with van der Waals surface area (Å²) < 4.78 is 9.99. The summed E-state index contributed by atoms with van der Waals surface area (Å²) in [6.45, 7) is 3.62. The van der Waals surface area contributed by atoms with E-state index in [2.05, 4.69) is 6.92 Å². The lowest BCUT2D eigenvalue weighted by atomic mass is 9.89. The van der Waals surface area contributed by atoms with Crippen LogP contribution >= 0.6 is 0 Å². The second-order valence-corrected chi connectivity index (χ2v) is 4.37. The van der Waals surface area contributed by atoms with Crippen molar-refractivity contribution in [2.45, 2.75) is 51.7 Å². The molecular weight excluding hydrogens is 196 g/mol. The lowest BCUT2D eigenvalue weighted by Crippen LogP contribution is -2.27. The Bertz CT molecular complexity index is 205. The van der Waals surface area contributed by atoms with E-state index in [-0.39, 0.29) is 12.7 Å². The van der Waals surface area contributed by atoms with E-state index in [0.717, 1.165) is 19.3 Å². The summed E-state index contributed by atoms with van der Waals surface area (Å²) in [6, 6.07) is 0. The Labute approximate surface area is 90.6 Å². The van der Waals surface area contributed by atoms with Gasteiger partial charge in [-0.05, 0) is 32.1 Å². The van der Waals surface area contributed by atoms with Crippen molar-refractivity contribution in [1.82, 2.24) is 0 Å². The van der Waals surface area contributed by atoms with Gasteiger partial charge in [0.25, 0.3) is 0 Å². The zero-order valence-corrected chi connectivity index (χ0v) is 9.44. The van der Waals surface area contributed by atoms with Crippen LogP contribution < -0.4 is 0 Å². The van der Waals surface area contributed by atoms with Crippen LogP contribution in [0.5, 0.6) is 0 Å². The largest absolute Gasteiger partial charge is 0.508 e. The molecule has 0 bridgehead atoms. The van der Waals surface area contributed by atoms with Crippen LogP contribution in [0.2, 0.25) is 0 Å². The number of hydrogen-bond donors (Lipinski definition) is 1. The van der Waals surface area contributed by atoms with E-state index in [9.17, 15) is 4.79 Å². The number of rotatable bonds is 3. The van der Waals surface area contributed by atoms with E-state index < -0.39 is 12.3 Å². The van der Waals surface area contributed by atoms with Crippen molar-refractivity contribution >= 4 is 6.16 Å². The first kappa shape index (κ1) is 12.3. The second kappa shape index (κ2) is 5.95. The molecular formula is C11H20O4. The van der Waals surface area contributed by atoms with Gasteiger partial charge in [0.15, 0.2) is 0 Å². The minimum atomic E-state index is -0.657. The number of carbonyl (C=O) groups excluding carboxylic acids is 1. The summed E-state index contributed by atoms with van der Waals surface area (Å²) >= 11 is 0. The van der Waals surface area contributed by atoms with Gasteiger partial charge in [-0.1, -0.05) is 13.3 Å². The minimum Gasteiger partial charge on any atom is -0.431 e. The van der Waals surface area contributed by atoms with Gasteiger partial charge in [0, 0.05) is 0 Å². The fourth-order valence-corrected chi connectivity index (χ4v) is 1.85. The average Bonchev–Trinajstić information content (AvgIpc) is 2.17. The summed E-state index contributed by atoms with van der Waals surface area (Å²) in [5.41, 5.74) is 0. The molecule has 4 heteroatoms. The predicted molar refractivity (Wildman–Crippen MR) is 55.5 cm³/mol. The topological polar surface area (TPSA) is 55.8 Å². The predicted octanol–water partition coefficient (Wildman–Crippen LogP) is 2.10. The van der Waals surface area contributed by atoms with Gasteiger partial charge in [-0.15, -0.1) is 0 Å². The molecule has 1 aliphatic carbocycles. The zero-order chi connectivity index (χ0) is 11.3. The maximum absolute atomic E-state index is 11.2. The summed E-state index contributed by atoms with van der Waals surface area (Å²) in [5, 5.41) is 8.70. The lowest BCUT2D eigenvalue weighted by Gasteiger charge is -2.26. The van der Waals surface area contributed by atoms with Gasteiger partial charge in [-0.25, -0.2) is 4.79 Å². The van der Waals surface area contributed by atoms with E-state index in [1.165, 1.54) is 6.42 Å². The monoisotopic (exact) mass is 216 g/mol. The molecule has 1 N–H and O–H groups in total. The second-order valence-electron chi connectivity index (χ2n) is 4.37. The summed E-state index contributed by atoms with van der Waals surface area (Å²) in [4.78, 5) is 11.2. The Kier molecular flexibility index (Phi) is 4.88. The van der Waals surface area contributed by atoms with Crippen molar-refractivity contribution in [2.24, 2.45) is 5.92 Å². The third-order valence-corrected chi connectivity index (χ3v) is 2.71. The Morgan fingerprint density at radius 3 is 2.87 bits per heavy atom. The van der Waals surface area contributed by atoms with Crippen molar-refractivity contribution in [1.29, 1.82) is 0 Å². The molecule has 0 aromatic carbocycles. The van der Waals surface area contributed by atoms with Crippen LogP contribution in [0, 0.1) is 5.92 Å². The number of ether oxygens (including phenoxy) is 2. The molecule has 88 valence electrons.